The van der Waals surface area contributed by atoms with Crippen LogP contribution < -0.4 is 10.6 Å². The van der Waals surface area contributed by atoms with E-state index in [-0.39, 0.29) is 40.8 Å². The molecule has 2 heterocycles. The maximum absolute atomic E-state index is 12.7. The Labute approximate surface area is 225 Å². The van der Waals surface area contributed by atoms with Crippen LogP contribution in [-0.4, -0.2) is 82.2 Å². The Hall–Kier alpha value is -2.63. The number of amides is 3. The van der Waals surface area contributed by atoms with E-state index in [0.717, 1.165) is 38.6 Å². The second-order valence-corrected chi connectivity index (χ2v) is 11.5. The number of nitrogens with one attached hydrogen (secondary N) is 2. The number of hydrogen-bond donors (Lipinski definition) is 2. The zero-order valence-electron chi connectivity index (χ0n) is 23.5. The van der Waals surface area contributed by atoms with Crippen molar-refractivity contribution >= 4 is 17.7 Å². The maximum Gasteiger partial charge on any atom is 0.253 e. The molecular weight excluding hydrogens is 488 g/mol. The summed E-state index contributed by atoms with van der Waals surface area (Å²) in [5, 5.41) is 14.4. The lowest BCUT2D eigenvalue weighted by molar-refractivity contribution is -0.138. The van der Waals surface area contributed by atoms with Crippen molar-refractivity contribution < 1.29 is 23.9 Å². The number of ether oxygens (including phenoxy) is 2. The average Bonchev–Trinajstić information content (AvgIpc) is 3.44. The van der Waals surface area contributed by atoms with Gasteiger partial charge in [-0.2, -0.15) is 0 Å². The molecule has 1 aliphatic heterocycles. The Morgan fingerprint density at radius 3 is 2.34 bits per heavy atom. The standard InChI is InChI=1S/C27H44N6O5/c1-26(2,12-14-37-27(3,4)19-28-5)38-15-13-32-18-22(30-31-32)16-29-25(36)21-8-6-20(7-9-21)17-33-23(34)10-11-24(33)35/h10-11,18,20-21,28H,6-9,12-17,19H2,1-5H3,(H,29,36). The number of rotatable bonds is 15. The topological polar surface area (TPSA) is 128 Å². The van der Waals surface area contributed by atoms with Gasteiger partial charge in [-0.15, -0.1) is 5.10 Å². The zero-order chi connectivity index (χ0) is 27.8. The molecular formula is C27H44N6O5. The molecule has 0 spiro atoms. The molecule has 38 heavy (non-hydrogen) atoms. The van der Waals surface area contributed by atoms with Crippen LogP contribution in [0.1, 0.15) is 65.5 Å². The van der Waals surface area contributed by atoms with E-state index >= 15 is 0 Å². The van der Waals surface area contributed by atoms with E-state index < -0.39 is 0 Å². The van der Waals surface area contributed by atoms with Crippen LogP contribution in [0.2, 0.25) is 0 Å². The molecule has 3 amide bonds. The average molecular weight is 533 g/mol. The molecule has 1 saturated carbocycles. The van der Waals surface area contributed by atoms with Crippen LogP contribution in [-0.2, 0) is 36.9 Å². The first-order chi connectivity index (χ1) is 18.0. The molecule has 0 radical (unpaired) electrons. The van der Waals surface area contributed by atoms with Gasteiger partial charge >= 0.3 is 0 Å². The van der Waals surface area contributed by atoms with Crippen LogP contribution >= 0.6 is 0 Å². The van der Waals surface area contributed by atoms with Gasteiger partial charge in [0.05, 0.1) is 43.7 Å². The molecule has 1 aromatic rings. The molecule has 0 bridgehead atoms. The van der Waals surface area contributed by atoms with Crippen molar-refractivity contribution in [2.45, 2.75) is 84.1 Å². The minimum absolute atomic E-state index is 0.0122. The number of nitrogens with zero attached hydrogens (tertiary/aromatic N) is 4. The van der Waals surface area contributed by atoms with Crippen LogP contribution in [0.15, 0.2) is 18.3 Å². The Balaban J connectivity index is 1.31. The lowest BCUT2D eigenvalue weighted by Gasteiger charge is -2.29. The monoisotopic (exact) mass is 532 g/mol. The van der Waals surface area contributed by atoms with E-state index in [1.54, 1.807) is 4.68 Å². The van der Waals surface area contributed by atoms with E-state index in [2.05, 4.69) is 48.6 Å². The summed E-state index contributed by atoms with van der Waals surface area (Å²) in [6.45, 7) is 11.5. The minimum Gasteiger partial charge on any atom is -0.374 e. The number of imide groups is 1. The lowest BCUT2D eigenvalue weighted by Crippen LogP contribution is -2.38. The Morgan fingerprint density at radius 1 is 1.03 bits per heavy atom. The highest BCUT2D eigenvalue weighted by Gasteiger charge is 2.31. The minimum atomic E-state index is -0.317. The number of aromatic nitrogens is 3. The van der Waals surface area contributed by atoms with Crippen LogP contribution in [0.25, 0.3) is 0 Å². The van der Waals surface area contributed by atoms with Gasteiger partial charge in [0.15, 0.2) is 0 Å². The largest absolute Gasteiger partial charge is 0.374 e. The highest BCUT2D eigenvalue weighted by atomic mass is 16.5. The lowest BCUT2D eigenvalue weighted by atomic mass is 9.81. The number of carbonyl (C=O) groups is 3. The van der Waals surface area contributed by atoms with Gasteiger partial charge in [0.25, 0.3) is 11.8 Å². The van der Waals surface area contributed by atoms with Gasteiger partial charge in [0.2, 0.25) is 5.91 Å². The summed E-state index contributed by atoms with van der Waals surface area (Å²) in [6, 6.07) is 0. The smallest absolute Gasteiger partial charge is 0.253 e. The molecule has 1 fully saturated rings. The molecule has 0 aromatic carbocycles. The van der Waals surface area contributed by atoms with Gasteiger partial charge in [-0.3, -0.25) is 19.3 Å². The predicted molar refractivity (Wildman–Crippen MR) is 142 cm³/mol. The fourth-order valence-electron chi connectivity index (χ4n) is 4.86. The van der Waals surface area contributed by atoms with E-state index in [4.69, 9.17) is 9.47 Å². The summed E-state index contributed by atoms with van der Waals surface area (Å²) in [6.07, 6.45) is 8.38. The molecule has 11 nitrogen and oxygen atoms in total. The first-order valence-corrected chi connectivity index (χ1v) is 13.6. The molecule has 1 aliphatic carbocycles. The third kappa shape index (κ3) is 9.28. The summed E-state index contributed by atoms with van der Waals surface area (Å²) in [5.74, 6) is -0.289. The first-order valence-electron chi connectivity index (χ1n) is 13.6. The summed E-state index contributed by atoms with van der Waals surface area (Å²) in [4.78, 5) is 37.5. The van der Waals surface area contributed by atoms with Crippen molar-refractivity contribution in [3.63, 3.8) is 0 Å². The van der Waals surface area contributed by atoms with Crippen LogP contribution in [0, 0.1) is 11.8 Å². The van der Waals surface area contributed by atoms with Crippen molar-refractivity contribution in [2.24, 2.45) is 11.8 Å². The van der Waals surface area contributed by atoms with Crippen molar-refractivity contribution in [1.82, 2.24) is 30.5 Å². The summed E-state index contributed by atoms with van der Waals surface area (Å²) in [7, 11) is 1.92. The highest BCUT2D eigenvalue weighted by Crippen LogP contribution is 2.30. The Bertz CT molecular complexity index is 962. The van der Waals surface area contributed by atoms with E-state index in [1.165, 1.54) is 17.1 Å². The third-order valence-corrected chi connectivity index (χ3v) is 7.20. The Morgan fingerprint density at radius 2 is 1.68 bits per heavy atom. The van der Waals surface area contributed by atoms with Crippen molar-refractivity contribution in [2.75, 3.05) is 33.4 Å². The summed E-state index contributed by atoms with van der Waals surface area (Å²) in [5.41, 5.74) is 0.165. The molecule has 212 valence electrons. The highest BCUT2D eigenvalue weighted by molar-refractivity contribution is 6.12. The fraction of sp³-hybridized carbons (Fsp3) is 0.741. The van der Waals surface area contributed by atoms with Gasteiger partial charge in [0.1, 0.15) is 5.69 Å². The molecule has 0 atom stereocenters. The molecule has 0 unspecified atom stereocenters. The van der Waals surface area contributed by atoms with Crippen molar-refractivity contribution in [1.29, 1.82) is 0 Å². The number of carbonyl (C=O) groups excluding carboxylic acids is 3. The van der Waals surface area contributed by atoms with Gasteiger partial charge in [-0.1, -0.05) is 5.21 Å². The Kier molecular flexibility index (Phi) is 10.6. The first kappa shape index (κ1) is 29.9. The van der Waals surface area contributed by atoms with Gasteiger partial charge in [0, 0.05) is 31.2 Å². The van der Waals surface area contributed by atoms with Crippen molar-refractivity contribution in [3.05, 3.63) is 24.0 Å². The zero-order valence-corrected chi connectivity index (χ0v) is 23.5. The molecule has 1 aromatic heterocycles. The SMILES string of the molecule is CNCC(C)(C)OCCC(C)(C)OCCn1cc(CNC(=O)C2CCC(CN3C(=O)C=CC3=O)CC2)nn1. The second kappa shape index (κ2) is 13.4. The van der Waals surface area contributed by atoms with Gasteiger partial charge in [-0.25, -0.2) is 4.68 Å². The number of hydrogen-bond acceptors (Lipinski definition) is 8. The molecule has 0 saturated heterocycles. The summed E-state index contributed by atoms with van der Waals surface area (Å²) < 4.78 is 13.8. The quantitative estimate of drug-likeness (QED) is 0.328. The molecule has 3 rings (SSSR count). The van der Waals surface area contributed by atoms with E-state index in [9.17, 15) is 14.4 Å². The van der Waals surface area contributed by atoms with Crippen LogP contribution in [0.3, 0.4) is 0 Å². The third-order valence-electron chi connectivity index (χ3n) is 7.20. The number of likely N-dealkylation sites (N-methyl/N-ethyl adjacent to an activating group) is 1. The molecule has 2 N–H and O–H groups in total. The fourth-order valence-corrected chi connectivity index (χ4v) is 4.86. The molecule has 2 aliphatic rings. The second-order valence-electron chi connectivity index (χ2n) is 11.5. The predicted octanol–water partition coefficient (Wildman–Crippen LogP) is 1.83. The van der Waals surface area contributed by atoms with E-state index in [0.29, 0.717) is 38.5 Å². The van der Waals surface area contributed by atoms with Crippen molar-refractivity contribution in [3.8, 4) is 0 Å². The van der Waals surface area contributed by atoms with Gasteiger partial charge in [-0.05, 0) is 72.8 Å². The van der Waals surface area contributed by atoms with Crippen LogP contribution in [0.4, 0.5) is 0 Å². The van der Waals surface area contributed by atoms with Crippen LogP contribution in [0.5, 0.6) is 0 Å². The maximum atomic E-state index is 12.7. The summed E-state index contributed by atoms with van der Waals surface area (Å²) >= 11 is 0. The van der Waals surface area contributed by atoms with E-state index in [1.807, 2.05) is 13.2 Å². The van der Waals surface area contributed by atoms with Gasteiger partial charge < -0.3 is 20.1 Å². The molecule has 11 heteroatoms. The normalized spacial score (nSPS) is 20.4.